The summed E-state index contributed by atoms with van der Waals surface area (Å²) in [5.74, 6) is -0.249. The number of hydrogen-bond donors (Lipinski definition) is 3. The van der Waals surface area contributed by atoms with E-state index in [0.29, 0.717) is 6.04 Å². The van der Waals surface area contributed by atoms with Crippen LogP contribution >= 0.6 is 0 Å². The van der Waals surface area contributed by atoms with Crippen LogP contribution in [0.3, 0.4) is 0 Å². The zero-order chi connectivity index (χ0) is 11.5. The van der Waals surface area contributed by atoms with Crippen LogP contribution in [0.1, 0.15) is 19.8 Å². The average molecular weight is 235 g/mol. The number of carbonyl (C=O) groups excluding carboxylic acids is 1. The van der Waals surface area contributed by atoms with Gasteiger partial charge in [-0.15, -0.1) is 0 Å². The van der Waals surface area contributed by atoms with Crippen molar-refractivity contribution in [1.82, 2.24) is 10.6 Å². The lowest BCUT2D eigenvalue weighted by Gasteiger charge is -2.12. The Morgan fingerprint density at radius 1 is 1.53 bits per heavy atom. The average Bonchev–Trinajstić information content (AvgIpc) is 2.85. The molecule has 0 bridgehead atoms. The van der Waals surface area contributed by atoms with E-state index in [1.165, 1.54) is 0 Å². The standard InChI is InChI=1S/C8H17N3O3S/c1-6(8(12)11-7-2-3-7)10-4-5-15(9,13)14/h6-7,10H,2-5H2,1H3,(H,11,12)(H2,9,13,14). The lowest BCUT2D eigenvalue weighted by Crippen LogP contribution is -2.44. The van der Waals surface area contributed by atoms with Gasteiger partial charge in [0.2, 0.25) is 15.9 Å². The highest BCUT2D eigenvalue weighted by Crippen LogP contribution is 2.18. The molecule has 1 atom stereocenters. The molecule has 15 heavy (non-hydrogen) atoms. The van der Waals surface area contributed by atoms with Gasteiger partial charge in [0.15, 0.2) is 0 Å². The molecule has 1 unspecified atom stereocenters. The third-order valence-corrected chi connectivity index (χ3v) is 2.93. The number of nitrogens with one attached hydrogen (secondary N) is 2. The van der Waals surface area contributed by atoms with Crippen LogP contribution in [0, 0.1) is 0 Å². The fourth-order valence-corrected chi connectivity index (χ4v) is 1.47. The smallest absolute Gasteiger partial charge is 0.237 e. The van der Waals surface area contributed by atoms with Crippen molar-refractivity contribution in [1.29, 1.82) is 0 Å². The molecule has 6 nitrogen and oxygen atoms in total. The molecule has 0 heterocycles. The summed E-state index contributed by atoms with van der Waals surface area (Å²) in [5, 5.41) is 10.4. The van der Waals surface area contributed by atoms with Gasteiger partial charge in [-0.1, -0.05) is 0 Å². The summed E-state index contributed by atoms with van der Waals surface area (Å²) in [5.41, 5.74) is 0. The number of carbonyl (C=O) groups is 1. The number of nitrogens with two attached hydrogens (primary N) is 1. The number of hydrogen-bond acceptors (Lipinski definition) is 4. The lowest BCUT2D eigenvalue weighted by molar-refractivity contribution is -0.122. The topological polar surface area (TPSA) is 101 Å². The first kappa shape index (κ1) is 12.4. The number of rotatable bonds is 6. The maximum Gasteiger partial charge on any atom is 0.237 e. The molecule has 1 saturated carbocycles. The SMILES string of the molecule is CC(NCCS(N)(=O)=O)C(=O)NC1CC1. The van der Waals surface area contributed by atoms with E-state index in [9.17, 15) is 13.2 Å². The van der Waals surface area contributed by atoms with Crippen molar-refractivity contribution in [2.24, 2.45) is 5.14 Å². The maximum absolute atomic E-state index is 11.4. The summed E-state index contributed by atoms with van der Waals surface area (Å²) in [4.78, 5) is 11.4. The van der Waals surface area contributed by atoms with Gasteiger partial charge in [-0.05, 0) is 19.8 Å². The van der Waals surface area contributed by atoms with E-state index < -0.39 is 10.0 Å². The molecule has 1 aliphatic carbocycles. The highest BCUT2D eigenvalue weighted by molar-refractivity contribution is 7.89. The van der Waals surface area contributed by atoms with Gasteiger partial charge in [0.1, 0.15) is 0 Å². The fourth-order valence-electron chi connectivity index (χ4n) is 1.06. The van der Waals surface area contributed by atoms with E-state index in [1.807, 2.05) is 0 Å². The molecule has 1 rings (SSSR count). The summed E-state index contributed by atoms with van der Waals surface area (Å²) < 4.78 is 21.2. The van der Waals surface area contributed by atoms with E-state index >= 15 is 0 Å². The van der Waals surface area contributed by atoms with E-state index in [4.69, 9.17) is 5.14 Å². The molecule has 1 aliphatic rings. The van der Waals surface area contributed by atoms with Crippen LogP contribution in [0.5, 0.6) is 0 Å². The molecular weight excluding hydrogens is 218 g/mol. The van der Waals surface area contributed by atoms with Crippen molar-refractivity contribution >= 4 is 15.9 Å². The van der Waals surface area contributed by atoms with Gasteiger partial charge in [-0.25, -0.2) is 13.6 Å². The predicted molar refractivity (Wildman–Crippen MR) is 56.6 cm³/mol. The summed E-state index contributed by atoms with van der Waals surface area (Å²) in [6.45, 7) is 1.89. The second-order valence-corrected chi connectivity index (χ2v) is 5.56. The highest BCUT2D eigenvalue weighted by atomic mass is 32.2. The van der Waals surface area contributed by atoms with Gasteiger partial charge in [-0.2, -0.15) is 0 Å². The minimum absolute atomic E-state index is 0.0908. The van der Waals surface area contributed by atoms with Crippen molar-refractivity contribution in [2.75, 3.05) is 12.3 Å². The maximum atomic E-state index is 11.4. The van der Waals surface area contributed by atoms with Gasteiger partial charge < -0.3 is 10.6 Å². The Morgan fingerprint density at radius 2 is 2.13 bits per heavy atom. The van der Waals surface area contributed by atoms with Gasteiger partial charge in [0.25, 0.3) is 0 Å². The number of amides is 1. The third kappa shape index (κ3) is 5.71. The molecule has 4 N–H and O–H groups in total. The predicted octanol–water partition coefficient (Wildman–Crippen LogP) is -1.47. The second-order valence-electron chi connectivity index (χ2n) is 3.83. The van der Waals surface area contributed by atoms with Crippen LogP contribution in [-0.4, -0.2) is 38.7 Å². The Hall–Kier alpha value is -0.660. The van der Waals surface area contributed by atoms with Gasteiger partial charge in [-0.3, -0.25) is 4.79 Å². The van der Waals surface area contributed by atoms with Crippen LogP contribution in [0.25, 0.3) is 0 Å². The first-order chi connectivity index (χ1) is 6.88. The molecule has 0 aromatic rings. The number of sulfonamides is 1. The zero-order valence-electron chi connectivity index (χ0n) is 8.69. The largest absolute Gasteiger partial charge is 0.352 e. The monoisotopic (exact) mass is 235 g/mol. The molecule has 0 radical (unpaired) electrons. The molecule has 0 saturated heterocycles. The van der Waals surface area contributed by atoms with Crippen molar-refractivity contribution < 1.29 is 13.2 Å². The first-order valence-electron chi connectivity index (χ1n) is 4.93. The van der Waals surface area contributed by atoms with Gasteiger partial charge in [0.05, 0.1) is 11.8 Å². The Bertz CT molecular complexity index is 324. The van der Waals surface area contributed by atoms with Crippen LogP contribution in [0.15, 0.2) is 0 Å². The zero-order valence-corrected chi connectivity index (χ0v) is 9.51. The fraction of sp³-hybridized carbons (Fsp3) is 0.875. The van der Waals surface area contributed by atoms with Gasteiger partial charge >= 0.3 is 0 Å². The third-order valence-electron chi connectivity index (χ3n) is 2.15. The second kappa shape index (κ2) is 4.91. The van der Waals surface area contributed by atoms with E-state index in [1.54, 1.807) is 6.92 Å². The van der Waals surface area contributed by atoms with E-state index in [2.05, 4.69) is 10.6 Å². The van der Waals surface area contributed by atoms with E-state index in [0.717, 1.165) is 12.8 Å². The van der Waals surface area contributed by atoms with Gasteiger partial charge in [0, 0.05) is 12.6 Å². The van der Waals surface area contributed by atoms with Crippen molar-refractivity contribution in [3.63, 3.8) is 0 Å². The Morgan fingerprint density at radius 3 is 2.60 bits per heavy atom. The first-order valence-corrected chi connectivity index (χ1v) is 6.64. The summed E-state index contributed by atoms with van der Waals surface area (Å²) >= 11 is 0. The molecule has 88 valence electrons. The summed E-state index contributed by atoms with van der Waals surface area (Å²) in [6.07, 6.45) is 2.07. The highest BCUT2D eigenvalue weighted by Gasteiger charge is 2.25. The minimum atomic E-state index is -3.45. The normalized spacial score (nSPS) is 18.5. The number of primary sulfonamides is 1. The van der Waals surface area contributed by atoms with Crippen LogP contribution in [-0.2, 0) is 14.8 Å². The van der Waals surface area contributed by atoms with Crippen LogP contribution in [0.4, 0.5) is 0 Å². The Balaban J connectivity index is 2.16. The molecule has 0 spiro atoms. The summed E-state index contributed by atoms with van der Waals surface area (Å²) in [6, 6.07) is -0.0626. The molecule has 1 amide bonds. The van der Waals surface area contributed by atoms with Crippen molar-refractivity contribution in [3.05, 3.63) is 0 Å². The van der Waals surface area contributed by atoms with Crippen molar-refractivity contribution in [2.45, 2.75) is 31.8 Å². The minimum Gasteiger partial charge on any atom is -0.352 e. The molecule has 1 fully saturated rings. The Kier molecular flexibility index (Phi) is 4.06. The van der Waals surface area contributed by atoms with E-state index in [-0.39, 0.29) is 24.2 Å². The molecule has 0 aliphatic heterocycles. The van der Waals surface area contributed by atoms with Crippen molar-refractivity contribution in [3.8, 4) is 0 Å². The van der Waals surface area contributed by atoms with Crippen LogP contribution in [0.2, 0.25) is 0 Å². The molecular formula is C8H17N3O3S. The molecule has 0 aromatic heterocycles. The molecule has 0 aromatic carbocycles. The quantitative estimate of drug-likeness (QED) is 0.523. The van der Waals surface area contributed by atoms with Crippen LogP contribution < -0.4 is 15.8 Å². The summed E-state index contributed by atoms with van der Waals surface area (Å²) in [7, 11) is -3.45. The lowest BCUT2D eigenvalue weighted by atomic mass is 10.3. The Labute approximate surface area is 89.6 Å². The molecule has 7 heteroatoms.